The van der Waals surface area contributed by atoms with Gasteiger partial charge in [0.15, 0.2) is 17.3 Å². The monoisotopic (exact) mass is 641 g/mol. The van der Waals surface area contributed by atoms with Gasteiger partial charge in [0.25, 0.3) is 0 Å². The first kappa shape index (κ1) is 31.0. The summed E-state index contributed by atoms with van der Waals surface area (Å²) in [5, 5.41) is 6.66. The number of hydrogen-bond donors (Lipinski definition) is 1. The smallest absolute Gasteiger partial charge is 0.417 e. The van der Waals surface area contributed by atoms with Crippen LogP contribution in [-0.2, 0) is 13.6 Å². The lowest BCUT2D eigenvalue weighted by molar-refractivity contribution is 0.213. The van der Waals surface area contributed by atoms with Crippen molar-refractivity contribution in [2.45, 2.75) is 32.7 Å². The number of unbranched alkanes of at least 4 members (excludes halogenated alkanes) is 2. The first-order valence-electron chi connectivity index (χ1n) is 14.7. The molecule has 4 aromatic heterocycles. The Balaban J connectivity index is 1.23. The molecule has 240 valence electrons. The first-order valence-corrected chi connectivity index (χ1v) is 14.7. The maximum absolute atomic E-state index is 15.3. The van der Waals surface area contributed by atoms with Crippen LogP contribution in [0.3, 0.4) is 0 Å². The van der Waals surface area contributed by atoms with Crippen molar-refractivity contribution in [3.63, 3.8) is 0 Å². The third kappa shape index (κ3) is 6.66. The number of nitrogens with one attached hydrogen (secondary N) is 1. The van der Waals surface area contributed by atoms with Crippen LogP contribution in [0.2, 0.25) is 0 Å². The molecular weight excluding hydrogens is 612 g/mol. The maximum atomic E-state index is 15.3. The number of nitrogens with zero attached hydrogens (tertiary/aromatic N) is 6. The van der Waals surface area contributed by atoms with Crippen molar-refractivity contribution in [3.8, 4) is 34.2 Å². The molecule has 14 heteroatoms. The molecule has 0 aliphatic carbocycles. The Kier molecular flexibility index (Phi) is 8.65. The molecule has 0 saturated carbocycles. The summed E-state index contributed by atoms with van der Waals surface area (Å²) in [5.41, 5.74) is 0.513. The van der Waals surface area contributed by atoms with Crippen LogP contribution >= 0.6 is 0 Å². The van der Waals surface area contributed by atoms with Crippen LogP contribution in [0.4, 0.5) is 19.3 Å². The van der Waals surface area contributed by atoms with Crippen molar-refractivity contribution in [1.82, 2.24) is 28.3 Å². The second kappa shape index (κ2) is 13.1. The number of amides is 1. The Morgan fingerprint density at radius 3 is 2.47 bits per heavy atom. The second-order valence-corrected chi connectivity index (χ2v) is 10.7. The van der Waals surface area contributed by atoms with Gasteiger partial charge in [-0.2, -0.15) is 5.10 Å². The Bertz CT molecular complexity index is 2200. The number of carbonyl (C=O) groups excluding carboxylic acids is 1. The average molecular weight is 642 g/mol. The van der Waals surface area contributed by atoms with Crippen LogP contribution in [0.15, 0.2) is 95.3 Å². The van der Waals surface area contributed by atoms with Gasteiger partial charge in [-0.05, 0) is 55.0 Å². The van der Waals surface area contributed by atoms with Gasteiger partial charge < -0.3 is 14.0 Å². The van der Waals surface area contributed by atoms with E-state index in [9.17, 15) is 18.8 Å². The Morgan fingerprint density at radius 2 is 1.74 bits per heavy atom. The quantitative estimate of drug-likeness (QED) is 0.184. The zero-order valence-electron chi connectivity index (χ0n) is 25.4. The lowest BCUT2D eigenvalue weighted by atomic mass is 10.2. The summed E-state index contributed by atoms with van der Waals surface area (Å²) in [4.78, 5) is 43.7. The molecule has 47 heavy (non-hydrogen) atoms. The number of benzene rings is 2. The zero-order chi connectivity index (χ0) is 33.1. The van der Waals surface area contributed by atoms with Gasteiger partial charge in [-0.1, -0.05) is 19.8 Å². The molecule has 0 radical (unpaired) electrons. The number of halogens is 2. The Labute approximate surface area is 266 Å². The van der Waals surface area contributed by atoms with Gasteiger partial charge >= 0.3 is 17.3 Å². The molecular formula is C33H29F2N7O5. The number of aromatic nitrogens is 6. The van der Waals surface area contributed by atoms with E-state index >= 15 is 4.39 Å². The van der Waals surface area contributed by atoms with E-state index in [2.05, 4.69) is 15.4 Å². The SMILES string of the molecule is CCCCCn1cc(OC(=O)Nc2ccc(Oc3cc(-c4cn(C)cn4)cn4nccc34)c(F)c2)c(=O)n(-c2ccc(F)cc2)c1=O. The molecule has 12 nitrogen and oxygen atoms in total. The van der Waals surface area contributed by atoms with Crippen molar-refractivity contribution in [2.24, 2.45) is 7.05 Å². The lowest BCUT2D eigenvalue weighted by Gasteiger charge is -2.14. The fourth-order valence-electron chi connectivity index (χ4n) is 4.96. The molecule has 0 spiro atoms. The van der Waals surface area contributed by atoms with Crippen molar-refractivity contribution in [3.05, 3.63) is 118 Å². The summed E-state index contributed by atoms with van der Waals surface area (Å²) in [6.45, 7) is 2.26. The molecule has 0 saturated heterocycles. The van der Waals surface area contributed by atoms with E-state index in [0.29, 0.717) is 28.9 Å². The molecule has 0 bridgehead atoms. The standard InChI is InChI=1S/C33H29F2N7O5/c1-3-4-5-14-40-19-30(31(43)42(33(40)45)24-9-6-22(34)7-10-24)47-32(44)38-23-8-11-28(25(35)16-23)46-29-15-21(26-18-39(2)20-36-26)17-41-27(29)12-13-37-41/h6-13,15-20H,3-5,14H2,1-2H3,(H,38,44). The summed E-state index contributed by atoms with van der Waals surface area (Å²) in [6, 6.07) is 12.0. The molecule has 0 aliphatic rings. The van der Waals surface area contributed by atoms with Crippen LogP contribution in [0, 0.1) is 11.6 Å². The van der Waals surface area contributed by atoms with Crippen LogP contribution in [0.25, 0.3) is 22.5 Å². The maximum Gasteiger partial charge on any atom is 0.417 e. The second-order valence-electron chi connectivity index (χ2n) is 10.7. The number of carbonyl (C=O) groups is 1. The van der Waals surface area contributed by atoms with E-state index in [4.69, 9.17) is 9.47 Å². The molecule has 6 aromatic rings. The van der Waals surface area contributed by atoms with E-state index in [1.807, 2.05) is 20.2 Å². The van der Waals surface area contributed by atoms with Gasteiger partial charge in [0.1, 0.15) is 11.3 Å². The molecule has 0 unspecified atom stereocenters. The molecule has 1 amide bonds. The third-order valence-electron chi connectivity index (χ3n) is 7.28. The number of pyridine rings is 1. The number of fused-ring (bicyclic) bond motifs is 1. The summed E-state index contributed by atoms with van der Waals surface area (Å²) in [5.74, 6) is -1.57. The Hall–Kier alpha value is -6.05. The van der Waals surface area contributed by atoms with Crippen molar-refractivity contribution >= 4 is 17.3 Å². The minimum Gasteiger partial charge on any atom is -0.452 e. The highest BCUT2D eigenvalue weighted by Gasteiger charge is 2.19. The molecule has 4 heterocycles. The number of rotatable bonds is 10. The topological polar surface area (TPSA) is 127 Å². The fourth-order valence-corrected chi connectivity index (χ4v) is 4.96. The lowest BCUT2D eigenvalue weighted by Crippen LogP contribution is -2.39. The number of aryl methyl sites for hydroxylation is 2. The molecule has 6 rings (SSSR count). The largest absolute Gasteiger partial charge is 0.452 e. The molecule has 1 N–H and O–H groups in total. The highest BCUT2D eigenvalue weighted by molar-refractivity contribution is 5.86. The highest BCUT2D eigenvalue weighted by Crippen LogP contribution is 2.33. The van der Waals surface area contributed by atoms with Crippen molar-refractivity contribution < 1.29 is 23.0 Å². The van der Waals surface area contributed by atoms with Gasteiger partial charge in [0.2, 0.25) is 5.75 Å². The minimum absolute atomic E-state index is 0.0201. The molecule has 0 atom stereocenters. The van der Waals surface area contributed by atoms with Crippen molar-refractivity contribution in [2.75, 3.05) is 5.32 Å². The molecule has 0 aliphatic heterocycles. The normalized spacial score (nSPS) is 11.1. The van der Waals surface area contributed by atoms with E-state index in [-0.39, 0.29) is 23.7 Å². The number of anilines is 1. The minimum atomic E-state index is -1.09. The fraction of sp³-hybridized carbons (Fsp3) is 0.182. The van der Waals surface area contributed by atoms with E-state index in [0.717, 1.165) is 41.8 Å². The molecule has 2 aromatic carbocycles. The van der Waals surface area contributed by atoms with Crippen molar-refractivity contribution in [1.29, 1.82) is 0 Å². The van der Waals surface area contributed by atoms with E-state index in [1.165, 1.54) is 28.8 Å². The predicted octanol–water partition coefficient (Wildman–Crippen LogP) is 5.92. The molecule has 0 fully saturated rings. The van der Waals surface area contributed by atoms with Crippen LogP contribution in [0.1, 0.15) is 26.2 Å². The van der Waals surface area contributed by atoms with Crippen LogP contribution < -0.4 is 26.0 Å². The van der Waals surface area contributed by atoms with Gasteiger partial charge in [-0.3, -0.25) is 14.7 Å². The van der Waals surface area contributed by atoms with Gasteiger partial charge in [0.05, 0.1) is 30.1 Å². The summed E-state index contributed by atoms with van der Waals surface area (Å²) >= 11 is 0. The third-order valence-corrected chi connectivity index (χ3v) is 7.28. The summed E-state index contributed by atoms with van der Waals surface area (Å²) in [7, 11) is 1.85. The highest BCUT2D eigenvalue weighted by atomic mass is 19.1. The number of ether oxygens (including phenoxy) is 2. The number of hydrogen-bond acceptors (Lipinski definition) is 7. The predicted molar refractivity (Wildman–Crippen MR) is 169 cm³/mol. The van der Waals surface area contributed by atoms with Crippen LogP contribution in [0.5, 0.6) is 17.2 Å². The van der Waals surface area contributed by atoms with Crippen LogP contribution in [-0.4, -0.2) is 34.4 Å². The number of imidazole rings is 1. The van der Waals surface area contributed by atoms with Gasteiger partial charge in [-0.25, -0.2) is 32.4 Å². The van der Waals surface area contributed by atoms with Gasteiger partial charge in [-0.15, -0.1) is 0 Å². The summed E-state index contributed by atoms with van der Waals surface area (Å²) in [6.07, 6.45) is 9.28. The van der Waals surface area contributed by atoms with E-state index < -0.39 is 34.7 Å². The Morgan fingerprint density at radius 1 is 0.936 bits per heavy atom. The zero-order valence-corrected chi connectivity index (χ0v) is 25.4. The first-order chi connectivity index (χ1) is 22.7. The van der Waals surface area contributed by atoms with Gasteiger partial charge in [0, 0.05) is 43.3 Å². The summed E-state index contributed by atoms with van der Waals surface area (Å²) < 4.78 is 45.5. The average Bonchev–Trinajstić information content (AvgIpc) is 3.71. The van der Waals surface area contributed by atoms with E-state index in [1.54, 1.807) is 39.9 Å².